The average Bonchev–Trinajstić information content (AvgIpc) is 3.39. The van der Waals surface area contributed by atoms with Crippen molar-refractivity contribution in [3.05, 3.63) is 65.8 Å². The van der Waals surface area contributed by atoms with E-state index in [1.54, 1.807) is 12.3 Å². The summed E-state index contributed by atoms with van der Waals surface area (Å²) < 4.78 is 5.77. The van der Waals surface area contributed by atoms with Crippen LogP contribution in [0.1, 0.15) is 30.8 Å². The fraction of sp³-hybridized carbons (Fsp3) is 0.217. The number of hydrogen-bond donors (Lipinski definition) is 3. The van der Waals surface area contributed by atoms with E-state index in [0.717, 1.165) is 28.8 Å². The lowest BCUT2D eigenvalue weighted by Crippen LogP contribution is -2.29. The standard InChI is InChI=1S/C23H22N6O2/c1-13(2)26-23(30)20-10-14-3-4-15(11-19(14)31-20)22-24-8-7-21(28-22)27-17-5-6-18-16(9-17)12-25-29-18/h3-8,10-13,16,29H,9H2,1-2H3,(H,26,30)(H,24,27,28). The minimum atomic E-state index is -0.226. The van der Waals surface area contributed by atoms with Crippen molar-refractivity contribution in [2.24, 2.45) is 11.0 Å². The second-order valence-corrected chi connectivity index (χ2v) is 7.90. The molecule has 1 amide bonds. The number of anilines is 1. The SMILES string of the molecule is CC(C)NC(=O)c1cc2ccc(-c3nccc(NC4=CC=C5NN=CC5C4)n3)cc2o1. The van der Waals surface area contributed by atoms with E-state index in [1.807, 2.05) is 56.5 Å². The van der Waals surface area contributed by atoms with Gasteiger partial charge in [0.15, 0.2) is 11.6 Å². The second kappa shape index (κ2) is 7.71. The van der Waals surface area contributed by atoms with Crippen LogP contribution < -0.4 is 16.1 Å². The molecule has 1 aliphatic heterocycles. The molecule has 0 saturated carbocycles. The van der Waals surface area contributed by atoms with Gasteiger partial charge in [0.1, 0.15) is 11.4 Å². The molecular formula is C23H22N6O2. The maximum absolute atomic E-state index is 12.2. The normalized spacial score (nSPS) is 17.2. The fourth-order valence-electron chi connectivity index (χ4n) is 3.62. The summed E-state index contributed by atoms with van der Waals surface area (Å²) in [6, 6.07) is 9.32. The molecule has 3 aromatic rings. The maximum Gasteiger partial charge on any atom is 0.287 e. The van der Waals surface area contributed by atoms with Crippen LogP contribution in [0.25, 0.3) is 22.4 Å². The summed E-state index contributed by atoms with van der Waals surface area (Å²) in [7, 11) is 0. The first-order chi connectivity index (χ1) is 15.0. The lowest BCUT2D eigenvalue weighted by atomic mass is 9.97. The number of hydrazone groups is 1. The van der Waals surface area contributed by atoms with Crippen molar-refractivity contribution in [1.29, 1.82) is 0 Å². The Morgan fingerprint density at radius 1 is 1.23 bits per heavy atom. The van der Waals surface area contributed by atoms with Gasteiger partial charge in [0.05, 0.1) is 0 Å². The highest BCUT2D eigenvalue weighted by atomic mass is 16.3. The number of benzene rings is 1. The van der Waals surface area contributed by atoms with Gasteiger partial charge in [0, 0.05) is 53.1 Å². The number of aromatic nitrogens is 2. The Kier molecular flexibility index (Phi) is 4.74. The van der Waals surface area contributed by atoms with Gasteiger partial charge in [-0.2, -0.15) is 5.10 Å². The minimum absolute atomic E-state index is 0.0403. The number of carbonyl (C=O) groups is 1. The number of hydrogen-bond acceptors (Lipinski definition) is 7. The predicted molar refractivity (Wildman–Crippen MR) is 119 cm³/mol. The first-order valence-electron chi connectivity index (χ1n) is 10.2. The minimum Gasteiger partial charge on any atom is -0.451 e. The first-order valence-corrected chi connectivity index (χ1v) is 10.2. The second-order valence-electron chi connectivity index (χ2n) is 7.90. The summed E-state index contributed by atoms with van der Waals surface area (Å²) in [4.78, 5) is 21.3. The first kappa shape index (κ1) is 19.0. The highest BCUT2D eigenvalue weighted by Crippen LogP contribution is 2.28. The fourth-order valence-corrected chi connectivity index (χ4v) is 3.62. The molecule has 1 atom stereocenters. The van der Waals surface area contributed by atoms with E-state index in [2.05, 4.69) is 31.1 Å². The highest BCUT2D eigenvalue weighted by molar-refractivity contribution is 5.96. The van der Waals surface area contributed by atoms with Crippen LogP contribution in [0.2, 0.25) is 0 Å². The molecule has 0 spiro atoms. The molecule has 31 heavy (non-hydrogen) atoms. The Hall–Kier alpha value is -3.94. The quantitative estimate of drug-likeness (QED) is 0.586. The number of carbonyl (C=O) groups excluding carboxylic acids is 1. The smallest absolute Gasteiger partial charge is 0.287 e. The molecule has 0 radical (unpaired) electrons. The van der Waals surface area contributed by atoms with Crippen molar-refractivity contribution in [2.75, 3.05) is 5.32 Å². The van der Waals surface area contributed by atoms with Gasteiger partial charge in [-0.1, -0.05) is 12.1 Å². The van der Waals surface area contributed by atoms with Crippen molar-refractivity contribution in [3.63, 3.8) is 0 Å². The zero-order valence-corrected chi connectivity index (χ0v) is 17.2. The summed E-state index contributed by atoms with van der Waals surface area (Å²) in [6.07, 6.45) is 8.54. The largest absolute Gasteiger partial charge is 0.451 e. The number of furan rings is 1. The van der Waals surface area contributed by atoms with Crippen LogP contribution in [-0.2, 0) is 0 Å². The van der Waals surface area contributed by atoms with Gasteiger partial charge in [-0.25, -0.2) is 9.97 Å². The number of nitrogens with zero attached hydrogens (tertiary/aromatic N) is 3. The molecule has 3 N–H and O–H groups in total. The van der Waals surface area contributed by atoms with E-state index in [0.29, 0.717) is 23.0 Å². The molecule has 8 nitrogen and oxygen atoms in total. The molecule has 3 heterocycles. The number of fused-ring (bicyclic) bond motifs is 2. The molecule has 1 aliphatic carbocycles. The molecule has 8 heteroatoms. The Balaban J connectivity index is 1.38. The van der Waals surface area contributed by atoms with Gasteiger partial charge in [0.2, 0.25) is 0 Å². The van der Waals surface area contributed by atoms with Crippen molar-refractivity contribution >= 4 is 28.9 Å². The molecular weight excluding hydrogens is 392 g/mol. The van der Waals surface area contributed by atoms with Crippen LogP contribution >= 0.6 is 0 Å². The van der Waals surface area contributed by atoms with Crippen LogP contribution in [0.5, 0.6) is 0 Å². The lowest BCUT2D eigenvalue weighted by Gasteiger charge is -2.18. The third-order valence-electron chi connectivity index (χ3n) is 5.12. The maximum atomic E-state index is 12.2. The van der Waals surface area contributed by atoms with Gasteiger partial charge in [-0.05, 0) is 44.2 Å². The van der Waals surface area contributed by atoms with Crippen molar-refractivity contribution in [2.45, 2.75) is 26.3 Å². The van der Waals surface area contributed by atoms with Crippen molar-refractivity contribution < 1.29 is 9.21 Å². The number of nitrogens with one attached hydrogen (secondary N) is 3. The van der Waals surface area contributed by atoms with E-state index >= 15 is 0 Å². The molecule has 0 fully saturated rings. The zero-order valence-electron chi connectivity index (χ0n) is 17.2. The Labute approximate surface area is 179 Å². The van der Waals surface area contributed by atoms with Crippen LogP contribution in [0, 0.1) is 5.92 Å². The number of allylic oxidation sites excluding steroid dienone is 4. The summed E-state index contributed by atoms with van der Waals surface area (Å²) in [5.74, 6) is 1.63. The molecule has 0 saturated heterocycles. The highest BCUT2D eigenvalue weighted by Gasteiger charge is 2.21. The molecule has 2 aliphatic rings. The van der Waals surface area contributed by atoms with E-state index in [-0.39, 0.29) is 17.9 Å². The van der Waals surface area contributed by atoms with Gasteiger partial charge in [-0.3, -0.25) is 10.2 Å². The van der Waals surface area contributed by atoms with Crippen molar-refractivity contribution in [3.8, 4) is 11.4 Å². The van der Waals surface area contributed by atoms with Crippen LogP contribution in [0.3, 0.4) is 0 Å². The average molecular weight is 414 g/mol. The third-order valence-corrected chi connectivity index (χ3v) is 5.12. The summed E-state index contributed by atoms with van der Waals surface area (Å²) >= 11 is 0. The molecule has 5 rings (SSSR count). The molecule has 0 bridgehead atoms. The Morgan fingerprint density at radius 2 is 2.13 bits per heavy atom. The lowest BCUT2D eigenvalue weighted by molar-refractivity contribution is 0.0917. The van der Waals surface area contributed by atoms with E-state index in [9.17, 15) is 4.79 Å². The van der Waals surface area contributed by atoms with E-state index < -0.39 is 0 Å². The van der Waals surface area contributed by atoms with Crippen LogP contribution in [-0.4, -0.2) is 28.1 Å². The predicted octanol–water partition coefficient (Wildman–Crippen LogP) is 3.82. The van der Waals surface area contributed by atoms with Gasteiger partial charge in [0.25, 0.3) is 5.91 Å². The molecule has 1 unspecified atom stereocenters. The Bertz CT molecular complexity index is 1250. The molecule has 2 aromatic heterocycles. The Morgan fingerprint density at radius 3 is 3.00 bits per heavy atom. The van der Waals surface area contributed by atoms with Gasteiger partial charge < -0.3 is 15.1 Å². The van der Waals surface area contributed by atoms with Crippen LogP contribution in [0.4, 0.5) is 5.82 Å². The van der Waals surface area contributed by atoms with Crippen LogP contribution in [0.15, 0.2) is 69.6 Å². The monoisotopic (exact) mass is 414 g/mol. The van der Waals surface area contributed by atoms with Gasteiger partial charge >= 0.3 is 0 Å². The zero-order chi connectivity index (χ0) is 21.4. The van der Waals surface area contributed by atoms with E-state index in [1.165, 1.54) is 0 Å². The third kappa shape index (κ3) is 3.92. The number of rotatable bonds is 5. The topological polar surface area (TPSA) is 104 Å². The number of amides is 1. The summed E-state index contributed by atoms with van der Waals surface area (Å²) in [5, 5.41) is 11.2. The molecule has 156 valence electrons. The summed E-state index contributed by atoms with van der Waals surface area (Å²) in [5.41, 5.74) is 6.62. The van der Waals surface area contributed by atoms with Gasteiger partial charge in [-0.15, -0.1) is 0 Å². The van der Waals surface area contributed by atoms with Crippen molar-refractivity contribution in [1.82, 2.24) is 20.7 Å². The molecule has 1 aromatic carbocycles. The van der Waals surface area contributed by atoms with E-state index in [4.69, 9.17) is 4.42 Å². The summed E-state index contributed by atoms with van der Waals surface area (Å²) in [6.45, 7) is 3.82.